The number of ether oxygens (including phenoxy) is 1. The summed E-state index contributed by atoms with van der Waals surface area (Å²) in [6.45, 7) is 7.51. The zero-order valence-corrected chi connectivity index (χ0v) is 20.3. The van der Waals surface area contributed by atoms with Gasteiger partial charge in [-0.05, 0) is 72.3 Å². The van der Waals surface area contributed by atoms with Crippen molar-refractivity contribution >= 4 is 16.6 Å². The van der Waals surface area contributed by atoms with E-state index in [9.17, 15) is 9.18 Å². The van der Waals surface area contributed by atoms with Crippen molar-refractivity contribution in [2.24, 2.45) is 23.2 Å². The van der Waals surface area contributed by atoms with Crippen LogP contribution >= 0.6 is 0 Å². The fraction of sp³-hybridized carbons (Fsp3) is 0.481. The third-order valence-corrected chi connectivity index (χ3v) is 8.46. The molecule has 2 unspecified atom stereocenters. The number of nitrogens with zero attached hydrogens (tertiary/aromatic N) is 2. The fourth-order valence-corrected chi connectivity index (χ4v) is 6.01. The number of hydrogen-bond acceptors (Lipinski definition) is 5. The molecule has 0 saturated heterocycles. The molecule has 3 aliphatic carbocycles. The predicted octanol–water partition coefficient (Wildman–Crippen LogP) is 4.77. The lowest BCUT2D eigenvalue weighted by Gasteiger charge is -2.62. The number of hydrazine groups is 1. The first-order chi connectivity index (χ1) is 16.3. The molecule has 4 atom stereocenters. The third kappa shape index (κ3) is 3.96. The smallest absolute Gasteiger partial charge is 0.261 e. The van der Waals surface area contributed by atoms with E-state index in [1.165, 1.54) is 30.6 Å². The van der Waals surface area contributed by atoms with Crippen LogP contribution in [0.3, 0.4) is 0 Å². The van der Waals surface area contributed by atoms with Gasteiger partial charge in [0.15, 0.2) is 0 Å². The van der Waals surface area contributed by atoms with Crippen LogP contribution in [-0.2, 0) is 13.0 Å². The Morgan fingerprint density at radius 3 is 2.74 bits per heavy atom. The molecule has 0 aliphatic heterocycles. The minimum Gasteiger partial charge on any atom is -0.497 e. The molecule has 180 valence electrons. The average Bonchev–Trinajstić information content (AvgIpc) is 2.83. The van der Waals surface area contributed by atoms with Crippen molar-refractivity contribution in [1.82, 2.24) is 15.0 Å². The number of fused-ring (bicyclic) bond motifs is 3. The van der Waals surface area contributed by atoms with Crippen LogP contribution in [-0.4, -0.2) is 22.7 Å². The van der Waals surface area contributed by atoms with Gasteiger partial charge in [0, 0.05) is 18.7 Å². The van der Waals surface area contributed by atoms with Crippen LogP contribution in [0.1, 0.15) is 39.2 Å². The number of nitrogens with one attached hydrogen (secondary N) is 2. The van der Waals surface area contributed by atoms with Gasteiger partial charge in [-0.15, -0.1) is 0 Å². The van der Waals surface area contributed by atoms with E-state index in [2.05, 4.69) is 36.6 Å². The Bertz CT molecular complexity index is 1270. The molecule has 3 aliphatic rings. The van der Waals surface area contributed by atoms with E-state index < -0.39 is 0 Å². The zero-order valence-electron chi connectivity index (χ0n) is 20.3. The summed E-state index contributed by atoms with van der Waals surface area (Å²) < 4.78 is 20.8. The van der Waals surface area contributed by atoms with Crippen LogP contribution in [0.15, 0.2) is 47.5 Å². The summed E-state index contributed by atoms with van der Waals surface area (Å²) in [6, 6.07) is 10.8. The summed E-state index contributed by atoms with van der Waals surface area (Å²) in [7, 11) is 1.51. The predicted molar refractivity (Wildman–Crippen MR) is 132 cm³/mol. The largest absolute Gasteiger partial charge is 0.497 e. The Kier molecular flexibility index (Phi) is 5.84. The molecule has 6 rings (SSSR count). The van der Waals surface area contributed by atoms with E-state index in [1.807, 2.05) is 18.2 Å². The number of methoxy groups -OCH3 is 1. The average molecular weight is 465 g/mol. The van der Waals surface area contributed by atoms with E-state index in [1.54, 1.807) is 18.5 Å². The normalized spacial score (nSPS) is 25.1. The summed E-state index contributed by atoms with van der Waals surface area (Å²) in [6.07, 6.45) is 4.47. The molecule has 0 radical (unpaired) electrons. The molecule has 1 aromatic heterocycles. The Labute approximate surface area is 199 Å². The van der Waals surface area contributed by atoms with Crippen molar-refractivity contribution in [2.75, 3.05) is 12.5 Å². The molecule has 1 heterocycles. The SMILES string of the molecule is COc1ccc(CCn2cnc3cc(NNC4CC5C[C@H]([C@@H]4C)C5(C)C)ccc3c2=O)c(F)c1. The van der Waals surface area contributed by atoms with Crippen LogP contribution in [0.4, 0.5) is 10.1 Å². The molecule has 2 bridgehead atoms. The number of rotatable bonds is 7. The lowest BCUT2D eigenvalue weighted by Crippen LogP contribution is -2.60. The van der Waals surface area contributed by atoms with Gasteiger partial charge in [-0.25, -0.2) is 14.8 Å². The second-order valence-corrected chi connectivity index (χ2v) is 10.5. The minimum absolute atomic E-state index is 0.123. The highest BCUT2D eigenvalue weighted by molar-refractivity contribution is 5.81. The molecule has 2 N–H and O–H groups in total. The first-order valence-corrected chi connectivity index (χ1v) is 12.1. The van der Waals surface area contributed by atoms with E-state index in [0.717, 1.165) is 17.5 Å². The maximum Gasteiger partial charge on any atom is 0.261 e. The zero-order chi connectivity index (χ0) is 24.0. The molecule has 2 aromatic carbocycles. The summed E-state index contributed by atoms with van der Waals surface area (Å²) in [4.78, 5) is 17.5. The second-order valence-electron chi connectivity index (χ2n) is 10.5. The van der Waals surface area contributed by atoms with Crippen molar-refractivity contribution in [3.05, 3.63) is 64.5 Å². The molecular formula is C27H33FN4O2. The number of aromatic nitrogens is 2. The molecule has 3 saturated carbocycles. The molecule has 6 nitrogen and oxygen atoms in total. The Hall–Kier alpha value is -2.93. The maximum absolute atomic E-state index is 14.2. The van der Waals surface area contributed by atoms with Crippen molar-refractivity contribution < 1.29 is 9.13 Å². The first kappa shape index (κ1) is 22.8. The van der Waals surface area contributed by atoms with Gasteiger partial charge in [-0.2, -0.15) is 0 Å². The van der Waals surface area contributed by atoms with Crippen LogP contribution < -0.4 is 21.1 Å². The summed E-state index contributed by atoms with van der Waals surface area (Å²) in [5.74, 6) is 2.32. The van der Waals surface area contributed by atoms with Crippen LogP contribution in [0.5, 0.6) is 5.75 Å². The molecule has 0 spiro atoms. The van der Waals surface area contributed by atoms with E-state index >= 15 is 0 Å². The monoisotopic (exact) mass is 464 g/mol. The molecule has 34 heavy (non-hydrogen) atoms. The molecule has 0 amide bonds. The fourth-order valence-electron chi connectivity index (χ4n) is 6.01. The minimum atomic E-state index is -0.336. The summed E-state index contributed by atoms with van der Waals surface area (Å²) in [5, 5.41) is 0.553. The molecular weight excluding hydrogens is 431 g/mol. The number of anilines is 1. The summed E-state index contributed by atoms with van der Waals surface area (Å²) in [5.41, 5.74) is 9.29. The van der Waals surface area contributed by atoms with Gasteiger partial charge in [-0.1, -0.05) is 26.8 Å². The van der Waals surface area contributed by atoms with E-state index in [4.69, 9.17) is 4.74 Å². The topological polar surface area (TPSA) is 68.2 Å². The van der Waals surface area contributed by atoms with Gasteiger partial charge in [-0.3, -0.25) is 9.36 Å². The van der Waals surface area contributed by atoms with Gasteiger partial charge in [0.05, 0.1) is 30.0 Å². The number of benzene rings is 2. The Balaban J connectivity index is 1.25. The molecule has 3 fully saturated rings. The first-order valence-electron chi connectivity index (χ1n) is 12.1. The second kappa shape index (κ2) is 8.69. The van der Waals surface area contributed by atoms with Crippen molar-refractivity contribution in [3.8, 4) is 5.75 Å². The lowest BCUT2D eigenvalue weighted by atomic mass is 9.45. The highest BCUT2D eigenvalue weighted by Gasteiger charge is 2.56. The van der Waals surface area contributed by atoms with E-state index in [-0.39, 0.29) is 11.4 Å². The van der Waals surface area contributed by atoms with Gasteiger partial charge < -0.3 is 10.2 Å². The van der Waals surface area contributed by atoms with E-state index in [0.29, 0.717) is 52.6 Å². The summed E-state index contributed by atoms with van der Waals surface area (Å²) >= 11 is 0. The standard InChI is InChI=1S/C27H33FN4O2/c1-16-22-11-18(27(22,2)3)12-24(16)31-30-19-6-8-21-25(13-19)29-15-32(26(21)33)10-9-17-5-7-20(34-4)14-23(17)28/h5-8,13-16,18,22,24,30-31H,9-12H2,1-4H3/t16-,18?,22+,24?/m0/s1. The maximum atomic E-state index is 14.2. The Morgan fingerprint density at radius 2 is 2.03 bits per heavy atom. The quantitative estimate of drug-likeness (QED) is 0.493. The van der Waals surface area contributed by atoms with Crippen LogP contribution in [0, 0.1) is 29.0 Å². The highest BCUT2D eigenvalue weighted by Crippen LogP contribution is 2.61. The third-order valence-electron chi connectivity index (χ3n) is 8.46. The van der Waals surface area contributed by atoms with Gasteiger partial charge in [0.25, 0.3) is 5.56 Å². The number of halogens is 1. The Morgan fingerprint density at radius 1 is 1.21 bits per heavy atom. The van der Waals surface area contributed by atoms with Gasteiger partial charge in [0.2, 0.25) is 0 Å². The van der Waals surface area contributed by atoms with Crippen LogP contribution in [0.2, 0.25) is 0 Å². The van der Waals surface area contributed by atoms with Crippen molar-refractivity contribution in [2.45, 2.75) is 52.6 Å². The number of aryl methyl sites for hydroxylation is 2. The lowest BCUT2D eigenvalue weighted by molar-refractivity contribution is -0.113. The van der Waals surface area contributed by atoms with Crippen LogP contribution in [0.25, 0.3) is 10.9 Å². The molecule has 7 heteroatoms. The highest BCUT2D eigenvalue weighted by atomic mass is 19.1. The van der Waals surface area contributed by atoms with Crippen molar-refractivity contribution in [1.29, 1.82) is 0 Å². The van der Waals surface area contributed by atoms with Gasteiger partial charge >= 0.3 is 0 Å². The number of hydrogen-bond donors (Lipinski definition) is 2. The van der Waals surface area contributed by atoms with Gasteiger partial charge in [0.1, 0.15) is 11.6 Å². The molecule has 3 aromatic rings. The van der Waals surface area contributed by atoms with Crippen molar-refractivity contribution in [3.63, 3.8) is 0 Å².